The lowest BCUT2D eigenvalue weighted by Crippen LogP contribution is -2.77. The number of hydrogen-bond acceptors (Lipinski definition) is 3. The number of rotatable bonds is 14. The van der Waals surface area contributed by atoms with Crippen molar-refractivity contribution in [3.8, 4) is 0 Å². The Bertz CT molecular complexity index is 1080. The van der Waals surface area contributed by atoms with Gasteiger partial charge in [-0.25, -0.2) is 8.42 Å². The minimum Gasteiger partial charge on any atom is -0.748 e. The van der Waals surface area contributed by atoms with E-state index in [9.17, 15) is 105 Å². The average Bonchev–Trinajstić information content (AvgIpc) is 2.83. The lowest BCUT2D eigenvalue weighted by molar-refractivity contribution is -0.921. The SMILES string of the molecule is CC[N+](CC)(CC)CC.O=S(=O)([O-])CC(F)(F)C(F)(F)C(F)(F)C(F)(F)C(F)(F)C(F)(F)C(F)(F)C(F)(F)C(F)(F)C(F)(F)F. The van der Waals surface area contributed by atoms with Crippen molar-refractivity contribution in [2.24, 2.45) is 0 Å². The third-order valence-electron chi connectivity index (χ3n) is 6.62. The van der Waals surface area contributed by atoms with E-state index >= 15 is 0 Å². The van der Waals surface area contributed by atoms with E-state index in [2.05, 4.69) is 27.7 Å². The molecule has 0 heterocycles. The summed E-state index contributed by atoms with van der Waals surface area (Å²) in [5.41, 5.74) is 0. The zero-order chi connectivity index (χ0) is 37.5. The zero-order valence-corrected chi connectivity index (χ0v) is 23.4. The molecule has 45 heavy (non-hydrogen) atoms. The molecule has 4 nitrogen and oxygen atoms in total. The molecular weight excluding hydrogens is 721 g/mol. The summed E-state index contributed by atoms with van der Waals surface area (Å²) in [5, 5.41) is 0. The van der Waals surface area contributed by atoms with Gasteiger partial charge >= 0.3 is 59.5 Å². The Kier molecular flexibility index (Phi) is 12.9. The van der Waals surface area contributed by atoms with Crippen LogP contribution in [-0.4, -0.2) is 109 Å². The normalized spacial score (nSPS) is 16.0. The van der Waals surface area contributed by atoms with E-state index in [0.717, 1.165) is 0 Å². The molecule has 0 fully saturated rings. The first-order valence-electron chi connectivity index (χ1n) is 11.5. The van der Waals surface area contributed by atoms with Gasteiger partial charge in [-0.05, 0) is 27.7 Å². The minimum atomic E-state index is -9.33. The molecule has 0 rings (SSSR count). The van der Waals surface area contributed by atoms with E-state index in [1.54, 1.807) is 0 Å². The van der Waals surface area contributed by atoms with Crippen LogP contribution in [-0.2, 0) is 10.1 Å². The smallest absolute Gasteiger partial charge is 0.460 e. The summed E-state index contributed by atoms with van der Waals surface area (Å²) in [6.07, 6.45) is -8.07. The van der Waals surface area contributed by atoms with E-state index in [0.29, 0.717) is 0 Å². The molecule has 0 aliphatic carbocycles. The van der Waals surface area contributed by atoms with E-state index in [4.69, 9.17) is 0 Å². The van der Waals surface area contributed by atoms with E-state index in [-0.39, 0.29) is 0 Å². The van der Waals surface area contributed by atoms with Crippen molar-refractivity contribution in [2.75, 3.05) is 31.9 Å². The van der Waals surface area contributed by atoms with Crippen LogP contribution in [0, 0.1) is 0 Å². The van der Waals surface area contributed by atoms with Crippen LogP contribution in [0.3, 0.4) is 0 Å². The molecule has 0 aromatic rings. The number of alkyl halides is 21. The van der Waals surface area contributed by atoms with Crippen LogP contribution in [0.25, 0.3) is 0 Å². The molecule has 0 aliphatic heterocycles. The Morgan fingerprint density at radius 1 is 0.422 bits per heavy atom. The Morgan fingerprint density at radius 2 is 0.622 bits per heavy atom. The van der Waals surface area contributed by atoms with E-state index < -0.39 is 75.4 Å². The summed E-state index contributed by atoms with van der Waals surface area (Å²) < 4.78 is 304. The van der Waals surface area contributed by atoms with Crippen molar-refractivity contribution in [3.05, 3.63) is 0 Å². The van der Waals surface area contributed by atoms with Crippen molar-refractivity contribution in [2.45, 2.75) is 87.2 Å². The van der Waals surface area contributed by atoms with Crippen LogP contribution in [0.2, 0.25) is 0 Å². The van der Waals surface area contributed by atoms with Gasteiger partial charge in [-0.15, -0.1) is 0 Å². The fraction of sp³-hybridized carbons (Fsp3) is 1.00. The van der Waals surface area contributed by atoms with Crippen molar-refractivity contribution < 1.29 is 110 Å². The first-order chi connectivity index (χ1) is 19.2. The first-order valence-corrected chi connectivity index (χ1v) is 13.0. The quantitative estimate of drug-likeness (QED) is 0.104. The molecule has 0 aromatic carbocycles. The van der Waals surface area contributed by atoms with E-state index in [1.807, 2.05) is 0 Å². The topological polar surface area (TPSA) is 57.2 Å². The maximum absolute atomic E-state index is 13.4. The van der Waals surface area contributed by atoms with Crippen LogP contribution in [0.4, 0.5) is 92.2 Å². The van der Waals surface area contributed by atoms with Gasteiger partial charge in [0.25, 0.3) is 0 Å². The summed E-state index contributed by atoms with van der Waals surface area (Å²) >= 11 is 0. The summed E-state index contributed by atoms with van der Waals surface area (Å²) in [7, 11) is -6.91. The highest BCUT2D eigenvalue weighted by Gasteiger charge is 2.97. The molecule has 0 spiro atoms. The number of nitrogens with zero attached hydrogens (tertiary/aromatic N) is 1. The van der Waals surface area contributed by atoms with Gasteiger partial charge in [0.15, 0.2) is 0 Å². The lowest BCUT2D eigenvalue weighted by atomic mass is 9.86. The number of hydrogen-bond donors (Lipinski definition) is 0. The van der Waals surface area contributed by atoms with Crippen LogP contribution < -0.4 is 0 Å². The summed E-state index contributed by atoms with van der Waals surface area (Å²) in [5.74, 6) is -83.6. The monoisotopic (exact) mass is 743 g/mol. The van der Waals surface area contributed by atoms with Crippen molar-refractivity contribution in [1.82, 2.24) is 0 Å². The molecule has 0 saturated heterocycles. The summed E-state index contributed by atoms with van der Waals surface area (Å²) in [4.78, 5) is 0. The van der Waals surface area contributed by atoms with Crippen LogP contribution in [0.1, 0.15) is 27.7 Å². The molecule has 0 radical (unpaired) electrons. The van der Waals surface area contributed by atoms with Gasteiger partial charge in [-0.1, -0.05) is 0 Å². The minimum absolute atomic E-state index is 1.28. The molecule has 274 valence electrons. The molecule has 0 atom stereocenters. The maximum atomic E-state index is 13.4. The fourth-order valence-corrected chi connectivity index (χ4v) is 3.87. The van der Waals surface area contributed by atoms with Gasteiger partial charge in [0.05, 0.1) is 26.2 Å². The second kappa shape index (κ2) is 12.8. The standard InChI is InChI=1S/C11H3F21O3S.C8H20N/c12-2(13,1-36(33,34)35)3(14,15)4(16,17)5(18,19)6(20,21)7(22,23)8(24,25)9(26,27)10(28,29)11(30,31)32;1-5-9(6-2,7-3)8-4/h1H2,(H,33,34,35);5-8H2,1-4H3/q;+1/p-1. The Morgan fingerprint density at radius 3 is 0.778 bits per heavy atom. The van der Waals surface area contributed by atoms with Gasteiger partial charge in [0, 0.05) is 0 Å². The third kappa shape index (κ3) is 7.29. The Balaban J connectivity index is 0. The van der Waals surface area contributed by atoms with Crippen molar-refractivity contribution in [3.63, 3.8) is 0 Å². The average molecular weight is 743 g/mol. The van der Waals surface area contributed by atoms with Crippen LogP contribution in [0.5, 0.6) is 0 Å². The van der Waals surface area contributed by atoms with Gasteiger partial charge in [0.1, 0.15) is 15.9 Å². The Labute approximate surface area is 239 Å². The van der Waals surface area contributed by atoms with E-state index in [1.165, 1.54) is 30.7 Å². The first kappa shape index (κ1) is 45.5. The summed E-state index contributed by atoms with van der Waals surface area (Å²) in [6, 6.07) is 0. The highest BCUT2D eigenvalue weighted by molar-refractivity contribution is 7.85. The molecule has 0 N–H and O–H groups in total. The second-order valence-corrected chi connectivity index (χ2v) is 10.5. The third-order valence-corrected chi connectivity index (χ3v) is 7.33. The Hall–Kier alpha value is -1.60. The maximum Gasteiger partial charge on any atom is 0.460 e. The number of quaternary nitrogens is 1. The van der Waals surface area contributed by atoms with Gasteiger partial charge in [-0.2, -0.15) is 92.2 Å². The van der Waals surface area contributed by atoms with Gasteiger partial charge in [-0.3, -0.25) is 0 Å². The lowest BCUT2D eigenvalue weighted by Gasteiger charge is -2.44. The van der Waals surface area contributed by atoms with Gasteiger partial charge < -0.3 is 9.04 Å². The molecule has 0 aliphatic rings. The molecule has 0 unspecified atom stereocenters. The predicted octanol–water partition coefficient (Wildman–Crippen LogP) is 7.69. The molecule has 0 bridgehead atoms. The molecule has 0 amide bonds. The van der Waals surface area contributed by atoms with Crippen LogP contribution in [0.15, 0.2) is 0 Å². The molecule has 0 saturated carbocycles. The zero-order valence-electron chi connectivity index (χ0n) is 22.6. The number of halogens is 21. The van der Waals surface area contributed by atoms with Crippen LogP contribution >= 0.6 is 0 Å². The predicted molar refractivity (Wildman–Crippen MR) is 108 cm³/mol. The van der Waals surface area contributed by atoms with Gasteiger partial charge in [0.2, 0.25) is 0 Å². The molecular formula is C19H22F21NO3S. The summed E-state index contributed by atoms with van der Waals surface area (Å²) in [6.45, 7) is 14.2. The fourth-order valence-electron chi connectivity index (χ4n) is 3.25. The molecule has 26 heteroatoms. The largest absolute Gasteiger partial charge is 0.748 e. The van der Waals surface area contributed by atoms with Crippen molar-refractivity contribution >= 4 is 10.1 Å². The van der Waals surface area contributed by atoms with Crippen molar-refractivity contribution in [1.29, 1.82) is 0 Å². The highest BCUT2D eigenvalue weighted by Crippen LogP contribution is 2.66. The highest BCUT2D eigenvalue weighted by atomic mass is 32.2. The second-order valence-electron chi connectivity index (χ2n) is 9.11. The molecule has 0 aromatic heterocycles.